The van der Waals surface area contributed by atoms with Crippen LogP contribution in [0, 0.1) is 0 Å². The van der Waals surface area contributed by atoms with E-state index in [1.807, 2.05) is 30.3 Å². The van der Waals surface area contributed by atoms with Crippen molar-refractivity contribution < 1.29 is 29.2 Å². The van der Waals surface area contributed by atoms with E-state index in [1.165, 1.54) is 6.07 Å². The number of aromatic nitrogens is 3. The molecule has 13 nitrogen and oxygen atoms in total. The van der Waals surface area contributed by atoms with Crippen LogP contribution in [0.15, 0.2) is 52.5 Å². The molecule has 34 heavy (non-hydrogen) atoms. The third-order valence-corrected chi connectivity index (χ3v) is 5.54. The van der Waals surface area contributed by atoms with Gasteiger partial charge in [-0.3, -0.25) is 4.57 Å². The van der Waals surface area contributed by atoms with E-state index < -0.39 is 48.5 Å². The summed E-state index contributed by atoms with van der Waals surface area (Å²) >= 11 is 0. The Morgan fingerprint density at radius 1 is 1.44 bits per heavy atom. The van der Waals surface area contributed by atoms with E-state index in [0.29, 0.717) is 10.3 Å². The van der Waals surface area contributed by atoms with Gasteiger partial charge in [0.25, 0.3) is 0 Å². The highest BCUT2D eigenvalue weighted by Crippen LogP contribution is 2.39. The van der Waals surface area contributed by atoms with Crippen molar-refractivity contribution >= 4 is 22.7 Å². The number of carboxylic acids is 1. The summed E-state index contributed by atoms with van der Waals surface area (Å²) in [5.41, 5.74) is 6.83. The molecule has 5 N–H and O–H groups in total. The number of para-hydroxylation sites is 1. The monoisotopic (exact) mass is 473 g/mol. The van der Waals surface area contributed by atoms with Gasteiger partial charge in [0.15, 0.2) is 12.4 Å². The van der Waals surface area contributed by atoms with Crippen molar-refractivity contribution in [1.82, 2.24) is 14.5 Å². The Hall–Kier alpha value is -3.97. The van der Waals surface area contributed by atoms with Gasteiger partial charge in [-0.05, 0) is 29.1 Å². The fourth-order valence-corrected chi connectivity index (χ4v) is 3.81. The van der Waals surface area contributed by atoms with Gasteiger partial charge < -0.3 is 30.4 Å². The molecule has 1 fully saturated rings. The normalized spacial score (nSPS) is 25.1. The second-order valence-corrected chi connectivity index (χ2v) is 7.71. The fourth-order valence-electron chi connectivity index (χ4n) is 3.81. The number of aliphatic hydroxyl groups is 2. The quantitative estimate of drug-likeness (QED) is 0.182. The first-order valence-corrected chi connectivity index (χ1v) is 10.1. The number of carbonyl (C=O) groups is 1. The van der Waals surface area contributed by atoms with Crippen LogP contribution < -0.4 is 11.0 Å². The summed E-state index contributed by atoms with van der Waals surface area (Å²) in [6, 6.07) is 9.36. The number of halogens is 1. The minimum atomic E-state index is -2.30. The van der Waals surface area contributed by atoms with Gasteiger partial charge in [-0.15, -0.1) is 0 Å². The molecule has 0 radical (unpaired) electrons. The average molecular weight is 473 g/mol. The summed E-state index contributed by atoms with van der Waals surface area (Å²) in [6.45, 7) is -1.02. The predicted molar refractivity (Wildman–Crippen MR) is 116 cm³/mol. The second-order valence-electron chi connectivity index (χ2n) is 7.71. The number of hydrogen-bond acceptors (Lipinski definition) is 8. The van der Waals surface area contributed by atoms with Crippen molar-refractivity contribution in [2.45, 2.75) is 36.7 Å². The molecule has 3 aromatic rings. The lowest BCUT2D eigenvalue weighted by Crippen LogP contribution is -2.43. The van der Waals surface area contributed by atoms with E-state index in [1.54, 1.807) is 0 Å². The van der Waals surface area contributed by atoms with Gasteiger partial charge in [0.1, 0.15) is 18.0 Å². The molecular formula is C20H20FN7O6. The van der Waals surface area contributed by atoms with Crippen LogP contribution in [-0.4, -0.2) is 66.5 Å². The molecule has 1 aliphatic heterocycles. The number of hydrogen-bond donors (Lipinski definition) is 5. The summed E-state index contributed by atoms with van der Waals surface area (Å²) in [7, 11) is 0. The highest BCUT2D eigenvalue weighted by Gasteiger charge is 2.56. The lowest BCUT2D eigenvalue weighted by atomic mass is 10.1. The second kappa shape index (κ2) is 9.11. The highest BCUT2D eigenvalue weighted by atomic mass is 19.1. The third kappa shape index (κ3) is 4.18. The van der Waals surface area contributed by atoms with Gasteiger partial charge in [-0.1, -0.05) is 23.3 Å². The number of azide groups is 1. The number of aliphatic carboxylic acids is 1. The van der Waals surface area contributed by atoms with E-state index in [9.17, 15) is 29.3 Å². The van der Waals surface area contributed by atoms with Crippen LogP contribution in [0.25, 0.3) is 21.3 Å². The van der Waals surface area contributed by atoms with Gasteiger partial charge in [-0.2, -0.15) is 4.98 Å². The number of anilines is 1. The lowest BCUT2D eigenvalue weighted by molar-refractivity contribution is -0.137. The zero-order valence-electron chi connectivity index (χ0n) is 17.4. The van der Waals surface area contributed by atoms with E-state index >= 15 is 0 Å². The molecule has 2 unspecified atom stereocenters. The number of fused-ring (bicyclic) bond motifs is 1. The smallest absolute Gasteiger partial charge is 0.351 e. The zero-order chi connectivity index (χ0) is 24.5. The lowest BCUT2D eigenvalue weighted by Gasteiger charge is -2.23. The maximum absolute atomic E-state index is 14.6. The summed E-state index contributed by atoms with van der Waals surface area (Å²) in [4.78, 5) is 33.6. The fraction of sp³-hybridized carbons (Fsp3) is 0.350. The van der Waals surface area contributed by atoms with Crippen LogP contribution in [0.1, 0.15) is 11.9 Å². The number of rotatable bonds is 8. The average Bonchev–Trinajstić information content (AvgIpc) is 3.33. The molecular weight excluding hydrogens is 453 g/mol. The van der Waals surface area contributed by atoms with Crippen molar-refractivity contribution in [3.8, 4) is 0 Å². The van der Waals surface area contributed by atoms with Crippen molar-refractivity contribution in [3.05, 3.63) is 69.2 Å². The SMILES string of the molecule is [N-]=[N+]=N[C@]1(CO)OC(n2ccc(N[C@@H](Cc3cc4ccccc4[nH]3)C(=O)O)nc2=O)[C@@H](F)C1O. The predicted octanol–water partition coefficient (Wildman–Crippen LogP) is 1.06. The highest BCUT2D eigenvalue weighted by molar-refractivity contribution is 5.81. The minimum absolute atomic E-state index is 0.0600. The van der Waals surface area contributed by atoms with Gasteiger partial charge in [0.2, 0.25) is 5.72 Å². The number of nitrogens with one attached hydrogen (secondary N) is 2. The molecule has 0 spiro atoms. The first-order valence-electron chi connectivity index (χ1n) is 10.1. The van der Waals surface area contributed by atoms with Crippen molar-refractivity contribution in [1.29, 1.82) is 0 Å². The first-order chi connectivity index (χ1) is 16.3. The van der Waals surface area contributed by atoms with Crippen LogP contribution in [-0.2, 0) is 16.0 Å². The zero-order valence-corrected chi connectivity index (χ0v) is 17.4. The maximum atomic E-state index is 14.6. The third-order valence-electron chi connectivity index (χ3n) is 5.54. The van der Waals surface area contributed by atoms with Crippen molar-refractivity contribution in [2.24, 2.45) is 5.11 Å². The minimum Gasteiger partial charge on any atom is -0.480 e. The number of aliphatic hydroxyl groups excluding tert-OH is 2. The molecule has 0 saturated carbocycles. The molecule has 14 heteroatoms. The molecule has 3 heterocycles. The molecule has 4 rings (SSSR count). The number of alkyl halides is 1. The van der Waals surface area contributed by atoms with Gasteiger partial charge in [-0.25, -0.2) is 14.0 Å². The van der Waals surface area contributed by atoms with Crippen molar-refractivity contribution in [2.75, 3.05) is 11.9 Å². The Bertz CT molecular complexity index is 1290. The first kappa shape index (κ1) is 23.2. The summed E-state index contributed by atoms with van der Waals surface area (Å²) < 4.78 is 20.6. The topological polar surface area (TPSA) is 198 Å². The van der Waals surface area contributed by atoms with Crippen LogP contribution in [0.2, 0.25) is 0 Å². The summed E-state index contributed by atoms with van der Waals surface area (Å²) in [6.07, 6.45) is -4.83. The number of benzene rings is 1. The Labute approximate surface area is 190 Å². The summed E-state index contributed by atoms with van der Waals surface area (Å²) in [5.74, 6) is -1.26. The molecule has 1 aliphatic rings. The van der Waals surface area contributed by atoms with Gasteiger partial charge >= 0.3 is 11.7 Å². The molecule has 0 bridgehead atoms. The molecule has 1 aromatic carbocycles. The van der Waals surface area contributed by atoms with Crippen LogP contribution >= 0.6 is 0 Å². The molecule has 178 valence electrons. The number of nitrogens with zero attached hydrogens (tertiary/aromatic N) is 5. The van der Waals surface area contributed by atoms with Crippen LogP contribution in [0.5, 0.6) is 0 Å². The number of ether oxygens (including phenoxy) is 1. The number of carboxylic acid groups (broad SMARTS) is 1. The summed E-state index contributed by atoms with van der Waals surface area (Å²) in [5, 5.41) is 35.8. The molecule has 0 amide bonds. The number of aromatic amines is 1. The van der Waals surface area contributed by atoms with Crippen LogP contribution in [0.4, 0.5) is 10.2 Å². The molecule has 0 aliphatic carbocycles. The molecule has 5 atom stereocenters. The van der Waals surface area contributed by atoms with Crippen LogP contribution in [0.3, 0.4) is 0 Å². The Morgan fingerprint density at radius 2 is 2.21 bits per heavy atom. The van der Waals surface area contributed by atoms with E-state index in [4.69, 9.17) is 10.3 Å². The molecule has 2 aromatic heterocycles. The largest absolute Gasteiger partial charge is 0.480 e. The Kier molecular flexibility index (Phi) is 6.22. The maximum Gasteiger partial charge on any atom is 0.351 e. The molecule has 1 saturated heterocycles. The van der Waals surface area contributed by atoms with E-state index in [0.717, 1.165) is 17.1 Å². The standard InChI is InChI=1S/C20H20FN7O6/c21-15-16(30)20(9-29,26-27-22)34-17(15)28-6-5-14(25-19(28)33)24-13(18(31)32)8-11-7-10-3-1-2-4-12(10)23-11/h1-7,13,15-17,23,29-30H,8-9H2,(H,31,32)(H,24,25,33)/t13-,15-,16?,17?,20+/m0/s1. The Balaban J connectivity index is 1.54. The van der Waals surface area contributed by atoms with E-state index in [2.05, 4.69) is 25.3 Å². The van der Waals surface area contributed by atoms with Gasteiger partial charge in [0.05, 0.1) is 6.61 Å². The van der Waals surface area contributed by atoms with Crippen molar-refractivity contribution in [3.63, 3.8) is 0 Å². The van der Waals surface area contributed by atoms with E-state index in [-0.39, 0.29) is 12.2 Å². The Morgan fingerprint density at radius 3 is 2.85 bits per heavy atom. The van der Waals surface area contributed by atoms with Gasteiger partial charge in [0, 0.05) is 28.7 Å². The number of H-pyrrole nitrogens is 1.